The third kappa shape index (κ3) is 10.0. The molecule has 0 heterocycles. The van der Waals surface area contributed by atoms with Crippen molar-refractivity contribution in [1.29, 1.82) is 0 Å². The first-order valence-corrected chi connectivity index (χ1v) is 5.13. The van der Waals surface area contributed by atoms with Crippen molar-refractivity contribution in [3.63, 3.8) is 0 Å². The Labute approximate surface area is 72.4 Å². The second-order valence-electron chi connectivity index (χ2n) is 4.43. The highest BCUT2D eigenvalue weighted by molar-refractivity contribution is 4.49. The second-order valence-corrected chi connectivity index (χ2v) is 4.43. The maximum atomic E-state index is 2.31. The molecule has 0 rings (SSSR count). The molecule has 0 unspecified atom stereocenters. The van der Waals surface area contributed by atoms with E-state index in [0.717, 1.165) is 11.8 Å². The van der Waals surface area contributed by atoms with E-state index in [9.17, 15) is 0 Å². The minimum absolute atomic E-state index is 0.897. The van der Waals surface area contributed by atoms with Gasteiger partial charge >= 0.3 is 0 Å². The van der Waals surface area contributed by atoms with Crippen molar-refractivity contribution in [1.82, 2.24) is 0 Å². The highest BCUT2D eigenvalue weighted by Crippen LogP contribution is 2.12. The first-order valence-electron chi connectivity index (χ1n) is 5.13. The van der Waals surface area contributed by atoms with Crippen molar-refractivity contribution >= 4 is 0 Å². The molecule has 0 fully saturated rings. The van der Waals surface area contributed by atoms with Gasteiger partial charge < -0.3 is 0 Å². The van der Waals surface area contributed by atoms with Gasteiger partial charge in [-0.3, -0.25) is 0 Å². The van der Waals surface area contributed by atoms with Gasteiger partial charge in [-0.2, -0.15) is 0 Å². The molecule has 0 aliphatic carbocycles. The molecule has 0 atom stereocenters. The van der Waals surface area contributed by atoms with Gasteiger partial charge in [0.05, 0.1) is 0 Å². The molecule has 0 aromatic heterocycles. The zero-order valence-electron chi connectivity index (χ0n) is 8.69. The normalized spacial score (nSPS) is 11.5. The summed E-state index contributed by atoms with van der Waals surface area (Å²) in [5, 5.41) is 0. The Bertz CT molecular complexity index is 62.1. The topological polar surface area (TPSA) is 0 Å². The largest absolute Gasteiger partial charge is 0.0628 e. The molecule has 68 valence electrons. The van der Waals surface area contributed by atoms with Gasteiger partial charge in [0.25, 0.3) is 0 Å². The van der Waals surface area contributed by atoms with E-state index in [2.05, 4.69) is 27.7 Å². The molecule has 0 heteroatoms. The molecule has 0 aliphatic heterocycles. The van der Waals surface area contributed by atoms with Crippen LogP contribution in [-0.4, -0.2) is 0 Å². The van der Waals surface area contributed by atoms with Gasteiger partial charge in [0.15, 0.2) is 0 Å². The molecule has 0 aromatic rings. The molecule has 0 nitrogen and oxygen atoms in total. The van der Waals surface area contributed by atoms with Crippen molar-refractivity contribution in [3.05, 3.63) is 0 Å². The Balaban J connectivity index is 2.91. The van der Waals surface area contributed by atoms with Crippen molar-refractivity contribution in [3.8, 4) is 0 Å². The zero-order valence-corrected chi connectivity index (χ0v) is 8.69. The lowest BCUT2D eigenvalue weighted by atomic mass is 10.0. The van der Waals surface area contributed by atoms with Gasteiger partial charge in [-0.15, -0.1) is 0 Å². The van der Waals surface area contributed by atoms with E-state index in [1.165, 1.54) is 32.1 Å². The summed E-state index contributed by atoms with van der Waals surface area (Å²) >= 11 is 0. The highest BCUT2D eigenvalue weighted by Gasteiger charge is 1.95. The van der Waals surface area contributed by atoms with Crippen LogP contribution in [0.2, 0.25) is 0 Å². The van der Waals surface area contributed by atoms with Gasteiger partial charge in [-0.05, 0) is 11.8 Å². The summed E-state index contributed by atoms with van der Waals surface area (Å²) in [6.07, 6.45) is 7.14. The summed E-state index contributed by atoms with van der Waals surface area (Å²) in [6, 6.07) is 0. The molecule has 0 spiro atoms. The van der Waals surface area contributed by atoms with Gasteiger partial charge in [0.2, 0.25) is 0 Å². The van der Waals surface area contributed by atoms with Crippen LogP contribution in [0.1, 0.15) is 59.8 Å². The van der Waals surface area contributed by atoms with E-state index in [-0.39, 0.29) is 0 Å². The quantitative estimate of drug-likeness (QED) is 0.504. The Morgan fingerprint density at radius 2 is 1.00 bits per heavy atom. The molecule has 0 amide bonds. The predicted octanol–water partition coefficient (Wildman–Crippen LogP) is 4.25. The maximum absolute atomic E-state index is 2.31. The lowest BCUT2D eigenvalue weighted by molar-refractivity contribution is 0.486. The van der Waals surface area contributed by atoms with Gasteiger partial charge in [0, 0.05) is 0 Å². The predicted molar refractivity (Wildman–Crippen MR) is 52.8 cm³/mol. The average Bonchev–Trinajstić information content (AvgIpc) is 1.85. The Morgan fingerprint density at radius 3 is 1.27 bits per heavy atom. The fraction of sp³-hybridized carbons (Fsp3) is 1.00. The molecular weight excluding hydrogens is 132 g/mol. The maximum Gasteiger partial charge on any atom is -0.0471 e. The van der Waals surface area contributed by atoms with E-state index >= 15 is 0 Å². The smallest absolute Gasteiger partial charge is 0.0471 e. The Hall–Kier alpha value is 0. The fourth-order valence-electron chi connectivity index (χ4n) is 1.28. The molecule has 0 radical (unpaired) electrons. The van der Waals surface area contributed by atoms with Crippen LogP contribution in [-0.2, 0) is 0 Å². The minimum Gasteiger partial charge on any atom is -0.0628 e. The van der Waals surface area contributed by atoms with Crippen LogP contribution in [0.5, 0.6) is 0 Å². The minimum atomic E-state index is 0.897. The average molecular weight is 156 g/mol. The summed E-state index contributed by atoms with van der Waals surface area (Å²) in [5.41, 5.74) is 0. The lowest BCUT2D eigenvalue weighted by Gasteiger charge is -2.05. The van der Waals surface area contributed by atoms with Gasteiger partial charge in [-0.1, -0.05) is 59.8 Å². The van der Waals surface area contributed by atoms with Crippen LogP contribution < -0.4 is 0 Å². The van der Waals surface area contributed by atoms with E-state index in [0.29, 0.717) is 0 Å². The molecule has 0 aliphatic rings. The third-order valence-corrected chi connectivity index (χ3v) is 2.06. The number of hydrogen-bond acceptors (Lipinski definition) is 0. The highest BCUT2D eigenvalue weighted by atomic mass is 14.0. The molecule has 0 saturated carbocycles. The lowest BCUT2D eigenvalue weighted by Crippen LogP contribution is -1.89. The van der Waals surface area contributed by atoms with Gasteiger partial charge in [0.1, 0.15) is 0 Å². The van der Waals surface area contributed by atoms with Crippen LogP contribution in [0.25, 0.3) is 0 Å². The zero-order chi connectivity index (χ0) is 8.69. The summed E-state index contributed by atoms with van der Waals surface area (Å²) in [7, 11) is 0. The number of rotatable bonds is 6. The summed E-state index contributed by atoms with van der Waals surface area (Å²) in [5.74, 6) is 1.79. The number of hydrogen-bond donors (Lipinski definition) is 0. The second kappa shape index (κ2) is 6.69. The van der Waals surface area contributed by atoms with Crippen LogP contribution in [0.4, 0.5) is 0 Å². The first kappa shape index (κ1) is 11.0. The molecule has 0 N–H and O–H groups in total. The van der Waals surface area contributed by atoms with Crippen molar-refractivity contribution < 1.29 is 0 Å². The monoisotopic (exact) mass is 156 g/mol. The van der Waals surface area contributed by atoms with E-state index in [1.807, 2.05) is 0 Å². The molecule has 0 bridgehead atoms. The van der Waals surface area contributed by atoms with E-state index in [4.69, 9.17) is 0 Å². The molecule has 0 aromatic carbocycles. The fourth-order valence-corrected chi connectivity index (χ4v) is 1.28. The SMILES string of the molecule is CC(C)CCCCCC(C)C. The standard InChI is InChI=1S/C11H24/c1-10(2)8-6-5-7-9-11(3)4/h10-11H,5-9H2,1-4H3. The molecule has 11 heavy (non-hydrogen) atoms. The van der Waals surface area contributed by atoms with E-state index < -0.39 is 0 Å². The Morgan fingerprint density at radius 1 is 0.636 bits per heavy atom. The molecule has 0 saturated heterocycles. The van der Waals surface area contributed by atoms with Crippen LogP contribution in [0.15, 0.2) is 0 Å². The Kier molecular flexibility index (Phi) is 6.69. The van der Waals surface area contributed by atoms with Crippen LogP contribution >= 0.6 is 0 Å². The van der Waals surface area contributed by atoms with Gasteiger partial charge in [-0.25, -0.2) is 0 Å². The summed E-state index contributed by atoms with van der Waals surface area (Å²) in [6.45, 7) is 9.23. The van der Waals surface area contributed by atoms with Crippen molar-refractivity contribution in [2.45, 2.75) is 59.8 Å². The summed E-state index contributed by atoms with van der Waals surface area (Å²) in [4.78, 5) is 0. The third-order valence-electron chi connectivity index (χ3n) is 2.06. The van der Waals surface area contributed by atoms with Crippen LogP contribution in [0.3, 0.4) is 0 Å². The van der Waals surface area contributed by atoms with Crippen molar-refractivity contribution in [2.75, 3.05) is 0 Å². The number of unbranched alkanes of at least 4 members (excludes halogenated alkanes) is 2. The van der Waals surface area contributed by atoms with Crippen LogP contribution in [0, 0.1) is 11.8 Å². The van der Waals surface area contributed by atoms with Crippen molar-refractivity contribution in [2.24, 2.45) is 11.8 Å². The first-order chi connectivity index (χ1) is 5.13. The summed E-state index contributed by atoms with van der Waals surface area (Å²) < 4.78 is 0. The van der Waals surface area contributed by atoms with E-state index in [1.54, 1.807) is 0 Å². The molecular formula is C11H24.